The number of hydrazine groups is 1. The first-order chi connectivity index (χ1) is 7.29. The second kappa shape index (κ2) is 3.98. The van der Waals surface area contributed by atoms with Crippen molar-refractivity contribution in [3.63, 3.8) is 0 Å². The smallest absolute Gasteiger partial charge is 0.308 e. The summed E-state index contributed by atoms with van der Waals surface area (Å²) in [6.45, 7) is 0. The first-order valence-corrected chi connectivity index (χ1v) is 4.47. The maximum Gasteiger partial charge on any atom is 0.308 e. The Morgan fingerprint density at radius 3 is 2.47 bits per heavy atom. The molecule has 0 saturated heterocycles. The maximum absolute atomic E-state index is 11.7. The predicted octanol–water partition coefficient (Wildman–Crippen LogP) is 1.80. The maximum atomic E-state index is 11.7. The van der Waals surface area contributed by atoms with Gasteiger partial charge in [0.05, 0.1) is 12.0 Å². The summed E-state index contributed by atoms with van der Waals surface area (Å²) in [5, 5.41) is 1.05. The highest BCUT2D eigenvalue weighted by molar-refractivity contribution is 6.03. The molecule has 0 bridgehead atoms. The normalized spacial score (nSPS) is 9.93. The molecule has 0 aliphatic heterocycles. The fourth-order valence-corrected chi connectivity index (χ4v) is 1.22. The van der Waals surface area contributed by atoms with E-state index >= 15 is 0 Å². The van der Waals surface area contributed by atoms with Gasteiger partial charge in [0.15, 0.2) is 5.76 Å². The number of amides is 1. The number of rotatable bonds is 2. The quantitative estimate of drug-likeness (QED) is 0.459. The number of furan rings is 1. The van der Waals surface area contributed by atoms with E-state index in [1.165, 1.54) is 6.26 Å². The zero-order valence-electron chi connectivity index (χ0n) is 7.96. The molecule has 2 aromatic rings. The number of carbonyl (C=O) groups is 1. The van der Waals surface area contributed by atoms with Crippen LogP contribution in [0.15, 0.2) is 53.1 Å². The molecule has 1 heterocycles. The lowest BCUT2D eigenvalue weighted by Crippen LogP contribution is -2.37. The summed E-state index contributed by atoms with van der Waals surface area (Å²) in [5.41, 5.74) is 0.624. The van der Waals surface area contributed by atoms with Gasteiger partial charge < -0.3 is 4.42 Å². The third-order valence-electron chi connectivity index (χ3n) is 1.99. The predicted molar refractivity (Wildman–Crippen MR) is 56.1 cm³/mol. The number of nitrogens with zero attached hydrogens (tertiary/aromatic N) is 1. The first-order valence-electron chi connectivity index (χ1n) is 4.47. The van der Waals surface area contributed by atoms with Crippen molar-refractivity contribution in [2.24, 2.45) is 5.84 Å². The van der Waals surface area contributed by atoms with E-state index in [-0.39, 0.29) is 11.7 Å². The molecule has 0 radical (unpaired) electrons. The third kappa shape index (κ3) is 1.89. The van der Waals surface area contributed by atoms with Gasteiger partial charge in [0.25, 0.3) is 0 Å². The fraction of sp³-hybridized carbons (Fsp3) is 0. The van der Waals surface area contributed by atoms with Crippen molar-refractivity contribution in [2.75, 3.05) is 5.01 Å². The van der Waals surface area contributed by atoms with Crippen LogP contribution in [0, 0.1) is 0 Å². The van der Waals surface area contributed by atoms with Gasteiger partial charge in [-0.3, -0.25) is 4.79 Å². The lowest BCUT2D eigenvalue weighted by Gasteiger charge is -2.14. The first kappa shape index (κ1) is 9.48. The summed E-state index contributed by atoms with van der Waals surface area (Å²) >= 11 is 0. The minimum atomic E-state index is -0.369. The van der Waals surface area contributed by atoms with Gasteiger partial charge in [0, 0.05) is 0 Å². The fourth-order valence-electron chi connectivity index (χ4n) is 1.22. The molecule has 0 saturated carbocycles. The van der Waals surface area contributed by atoms with Crippen molar-refractivity contribution < 1.29 is 9.21 Å². The topological polar surface area (TPSA) is 59.5 Å². The van der Waals surface area contributed by atoms with Crippen LogP contribution >= 0.6 is 0 Å². The average Bonchev–Trinajstić information content (AvgIpc) is 2.82. The molecule has 2 rings (SSSR count). The highest BCUT2D eigenvalue weighted by Gasteiger charge is 2.15. The third-order valence-corrected chi connectivity index (χ3v) is 1.99. The summed E-state index contributed by atoms with van der Waals surface area (Å²) in [4.78, 5) is 11.7. The zero-order valence-corrected chi connectivity index (χ0v) is 7.96. The van der Waals surface area contributed by atoms with Crippen molar-refractivity contribution in [3.8, 4) is 0 Å². The Labute approximate surface area is 86.9 Å². The molecule has 76 valence electrons. The molecule has 0 atom stereocenters. The van der Waals surface area contributed by atoms with Gasteiger partial charge >= 0.3 is 5.91 Å². The minimum Gasteiger partial charge on any atom is -0.459 e. The lowest BCUT2D eigenvalue weighted by atomic mass is 10.3. The molecular formula is C11H10N2O2. The Kier molecular flexibility index (Phi) is 2.51. The molecule has 1 aromatic heterocycles. The largest absolute Gasteiger partial charge is 0.459 e. The summed E-state index contributed by atoms with van der Waals surface area (Å²) < 4.78 is 4.97. The van der Waals surface area contributed by atoms with E-state index in [0.29, 0.717) is 5.69 Å². The van der Waals surface area contributed by atoms with Gasteiger partial charge in [-0.15, -0.1) is 0 Å². The number of anilines is 1. The van der Waals surface area contributed by atoms with Crippen LogP contribution in [-0.2, 0) is 0 Å². The Bertz CT molecular complexity index is 437. The highest BCUT2D eigenvalue weighted by atomic mass is 16.3. The Morgan fingerprint density at radius 1 is 1.13 bits per heavy atom. The molecule has 15 heavy (non-hydrogen) atoms. The van der Waals surface area contributed by atoms with Crippen molar-refractivity contribution in [1.29, 1.82) is 0 Å². The number of para-hydroxylation sites is 1. The van der Waals surface area contributed by atoms with Crippen LogP contribution in [-0.4, -0.2) is 5.91 Å². The van der Waals surface area contributed by atoms with Crippen LogP contribution in [0.25, 0.3) is 0 Å². The summed E-state index contributed by atoms with van der Waals surface area (Å²) in [7, 11) is 0. The van der Waals surface area contributed by atoms with Crippen molar-refractivity contribution in [1.82, 2.24) is 0 Å². The van der Waals surface area contributed by atoms with Gasteiger partial charge in [-0.1, -0.05) is 18.2 Å². The SMILES string of the molecule is NN(C(=O)c1ccco1)c1ccccc1. The van der Waals surface area contributed by atoms with Gasteiger partial charge in [0.2, 0.25) is 0 Å². The summed E-state index contributed by atoms with van der Waals surface area (Å²) in [5.74, 6) is 5.51. The Balaban J connectivity index is 2.23. The molecular weight excluding hydrogens is 192 g/mol. The number of benzene rings is 1. The van der Waals surface area contributed by atoms with Crippen LogP contribution in [0.3, 0.4) is 0 Å². The van der Waals surface area contributed by atoms with E-state index in [9.17, 15) is 4.79 Å². The monoisotopic (exact) mass is 202 g/mol. The lowest BCUT2D eigenvalue weighted by molar-refractivity contribution is 0.0960. The van der Waals surface area contributed by atoms with E-state index < -0.39 is 0 Å². The molecule has 0 unspecified atom stereocenters. The van der Waals surface area contributed by atoms with Gasteiger partial charge in [-0.05, 0) is 24.3 Å². The average molecular weight is 202 g/mol. The number of hydrogen-bond donors (Lipinski definition) is 1. The molecule has 0 spiro atoms. The summed E-state index contributed by atoms with van der Waals surface area (Å²) in [6.07, 6.45) is 1.44. The summed E-state index contributed by atoms with van der Waals surface area (Å²) in [6, 6.07) is 12.2. The second-order valence-corrected chi connectivity index (χ2v) is 2.99. The molecule has 1 aromatic carbocycles. The molecule has 2 N–H and O–H groups in total. The molecule has 1 amide bonds. The van der Waals surface area contributed by atoms with Crippen molar-refractivity contribution in [2.45, 2.75) is 0 Å². The number of nitrogens with two attached hydrogens (primary N) is 1. The van der Waals surface area contributed by atoms with Gasteiger partial charge in [-0.2, -0.15) is 0 Å². The minimum absolute atomic E-state index is 0.223. The van der Waals surface area contributed by atoms with E-state index in [1.54, 1.807) is 24.3 Å². The Morgan fingerprint density at radius 2 is 1.87 bits per heavy atom. The van der Waals surface area contributed by atoms with Crippen LogP contribution in [0.2, 0.25) is 0 Å². The zero-order chi connectivity index (χ0) is 10.7. The van der Waals surface area contributed by atoms with Crippen LogP contribution in [0.4, 0.5) is 5.69 Å². The van der Waals surface area contributed by atoms with E-state index in [1.807, 2.05) is 18.2 Å². The second-order valence-electron chi connectivity index (χ2n) is 2.99. The molecule has 4 heteroatoms. The van der Waals surface area contributed by atoms with E-state index in [2.05, 4.69) is 0 Å². The van der Waals surface area contributed by atoms with Crippen molar-refractivity contribution >= 4 is 11.6 Å². The molecule has 0 fully saturated rings. The van der Waals surface area contributed by atoms with Crippen LogP contribution in [0.5, 0.6) is 0 Å². The van der Waals surface area contributed by atoms with Crippen molar-refractivity contribution in [3.05, 3.63) is 54.5 Å². The van der Waals surface area contributed by atoms with Gasteiger partial charge in [-0.25, -0.2) is 10.9 Å². The van der Waals surface area contributed by atoms with Crippen LogP contribution in [0.1, 0.15) is 10.6 Å². The van der Waals surface area contributed by atoms with Crippen LogP contribution < -0.4 is 10.9 Å². The van der Waals surface area contributed by atoms with E-state index in [0.717, 1.165) is 5.01 Å². The molecule has 4 nitrogen and oxygen atoms in total. The van der Waals surface area contributed by atoms with E-state index in [4.69, 9.17) is 10.3 Å². The number of hydrogen-bond acceptors (Lipinski definition) is 3. The molecule has 0 aliphatic rings. The highest BCUT2D eigenvalue weighted by Crippen LogP contribution is 2.13. The molecule has 0 aliphatic carbocycles. The number of carbonyl (C=O) groups excluding carboxylic acids is 1. The van der Waals surface area contributed by atoms with Gasteiger partial charge in [0.1, 0.15) is 0 Å². The Hall–Kier alpha value is -2.07. The standard InChI is InChI=1S/C11H10N2O2/c12-13(9-5-2-1-3-6-9)11(14)10-7-4-8-15-10/h1-8H,12H2.